The highest BCUT2D eigenvalue weighted by molar-refractivity contribution is 4.87. The third-order valence-electron chi connectivity index (χ3n) is 3.89. The Bertz CT molecular complexity index is 177. The van der Waals surface area contributed by atoms with Crippen LogP contribution < -0.4 is 5.73 Å². The number of hydrogen-bond donors (Lipinski definition) is 1. The molecular formula is C13H30N2. The van der Waals surface area contributed by atoms with Gasteiger partial charge in [-0.25, -0.2) is 0 Å². The molecule has 0 amide bonds. The van der Waals surface area contributed by atoms with Crippen molar-refractivity contribution >= 4 is 0 Å². The number of rotatable bonds is 5. The molecule has 0 aliphatic carbocycles. The lowest BCUT2D eigenvalue weighted by Crippen LogP contribution is -2.52. The van der Waals surface area contributed by atoms with Crippen LogP contribution in [0.15, 0.2) is 0 Å². The molecule has 1 unspecified atom stereocenters. The lowest BCUT2D eigenvalue weighted by molar-refractivity contribution is 0.110. The normalized spacial score (nSPS) is 15.8. The van der Waals surface area contributed by atoms with Crippen molar-refractivity contribution in [1.82, 2.24) is 4.90 Å². The molecule has 0 aromatic carbocycles. The first-order valence-electron chi connectivity index (χ1n) is 6.15. The van der Waals surface area contributed by atoms with Gasteiger partial charge in [0.1, 0.15) is 0 Å². The van der Waals surface area contributed by atoms with Crippen LogP contribution in [0.3, 0.4) is 0 Å². The van der Waals surface area contributed by atoms with E-state index < -0.39 is 0 Å². The minimum atomic E-state index is -0.0196. The summed E-state index contributed by atoms with van der Waals surface area (Å²) < 4.78 is 0. The summed E-state index contributed by atoms with van der Waals surface area (Å²) in [6, 6.07) is 0.554. The smallest absolute Gasteiger partial charge is 0.0278 e. The number of nitrogens with zero attached hydrogens (tertiary/aromatic N) is 1. The molecule has 0 aromatic rings. The second kappa shape index (κ2) is 5.31. The highest BCUT2D eigenvalue weighted by Gasteiger charge is 2.29. The molecule has 0 aliphatic rings. The van der Waals surface area contributed by atoms with E-state index in [1.165, 1.54) is 0 Å². The SMILES string of the molecule is CCC(N)(CC)CN(C)C(C)C(C)(C)C. The van der Waals surface area contributed by atoms with Gasteiger partial charge in [-0.1, -0.05) is 34.6 Å². The Morgan fingerprint density at radius 2 is 1.53 bits per heavy atom. The average Bonchev–Trinajstić information content (AvgIpc) is 2.15. The summed E-state index contributed by atoms with van der Waals surface area (Å²) in [5.41, 5.74) is 6.63. The lowest BCUT2D eigenvalue weighted by Gasteiger charge is -2.40. The molecule has 0 heterocycles. The number of likely N-dealkylation sites (N-methyl/N-ethyl adjacent to an activating group) is 1. The van der Waals surface area contributed by atoms with E-state index in [0.29, 0.717) is 11.5 Å². The van der Waals surface area contributed by atoms with Gasteiger partial charge < -0.3 is 10.6 Å². The van der Waals surface area contributed by atoms with E-state index in [1.807, 2.05) is 0 Å². The molecule has 0 saturated carbocycles. The Kier molecular flexibility index (Phi) is 5.28. The van der Waals surface area contributed by atoms with Gasteiger partial charge in [0.25, 0.3) is 0 Å². The van der Waals surface area contributed by atoms with Gasteiger partial charge in [0.2, 0.25) is 0 Å². The zero-order valence-electron chi connectivity index (χ0n) is 11.7. The molecule has 92 valence electrons. The number of nitrogens with two attached hydrogens (primary N) is 1. The van der Waals surface area contributed by atoms with E-state index >= 15 is 0 Å². The van der Waals surface area contributed by atoms with Crippen molar-refractivity contribution in [1.29, 1.82) is 0 Å². The van der Waals surface area contributed by atoms with Crippen LogP contribution >= 0.6 is 0 Å². The van der Waals surface area contributed by atoms with Crippen molar-refractivity contribution in [2.24, 2.45) is 11.1 Å². The largest absolute Gasteiger partial charge is 0.324 e. The first-order chi connectivity index (χ1) is 6.66. The quantitative estimate of drug-likeness (QED) is 0.762. The first kappa shape index (κ1) is 14.9. The Hall–Kier alpha value is -0.0800. The lowest BCUT2D eigenvalue weighted by atomic mass is 9.85. The summed E-state index contributed by atoms with van der Waals surface area (Å²) in [7, 11) is 2.18. The van der Waals surface area contributed by atoms with Crippen LogP contribution in [0.4, 0.5) is 0 Å². The van der Waals surface area contributed by atoms with E-state index in [2.05, 4.69) is 53.5 Å². The van der Waals surface area contributed by atoms with E-state index in [9.17, 15) is 0 Å². The summed E-state index contributed by atoms with van der Waals surface area (Å²) in [6.45, 7) is 14.5. The van der Waals surface area contributed by atoms with E-state index in [1.54, 1.807) is 0 Å². The predicted octanol–water partition coefficient (Wildman–Crippen LogP) is 2.87. The van der Waals surface area contributed by atoms with Crippen molar-refractivity contribution in [3.05, 3.63) is 0 Å². The van der Waals surface area contributed by atoms with Gasteiger partial charge in [-0.2, -0.15) is 0 Å². The number of hydrogen-bond acceptors (Lipinski definition) is 2. The highest BCUT2D eigenvalue weighted by atomic mass is 15.2. The fourth-order valence-corrected chi connectivity index (χ4v) is 1.77. The Labute approximate surface area is 96.2 Å². The molecule has 0 saturated heterocycles. The molecule has 0 spiro atoms. The van der Waals surface area contributed by atoms with Crippen LogP contribution in [0.5, 0.6) is 0 Å². The molecule has 0 radical (unpaired) electrons. The van der Waals surface area contributed by atoms with Crippen LogP contribution in [0.1, 0.15) is 54.4 Å². The van der Waals surface area contributed by atoms with E-state index in [4.69, 9.17) is 5.73 Å². The van der Waals surface area contributed by atoms with Crippen molar-refractivity contribution in [2.45, 2.75) is 66.0 Å². The maximum Gasteiger partial charge on any atom is 0.0278 e. The van der Waals surface area contributed by atoms with E-state index in [-0.39, 0.29) is 5.54 Å². The van der Waals surface area contributed by atoms with Crippen LogP contribution in [-0.2, 0) is 0 Å². The Morgan fingerprint density at radius 1 is 1.13 bits per heavy atom. The van der Waals surface area contributed by atoms with Gasteiger partial charge in [0.15, 0.2) is 0 Å². The maximum absolute atomic E-state index is 6.34. The average molecular weight is 214 g/mol. The minimum absolute atomic E-state index is 0.0196. The second-order valence-electron chi connectivity index (χ2n) is 6.03. The zero-order valence-corrected chi connectivity index (χ0v) is 11.7. The highest BCUT2D eigenvalue weighted by Crippen LogP contribution is 2.25. The van der Waals surface area contributed by atoms with Crippen LogP contribution in [0.25, 0.3) is 0 Å². The van der Waals surface area contributed by atoms with Crippen LogP contribution in [0, 0.1) is 5.41 Å². The molecule has 0 fully saturated rings. The standard InChI is InChI=1S/C13H30N2/c1-8-13(14,9-2)10-15(7)11(3)12(4,5)6/h11H,8-10,14H2,1-7H3. The topological polar surface area (TPSA) is 29.3 Å². The molecule has 0 aliphatic heterocycles. The maximum atomic E-state index is 6.34. The summed E-state index contributed by atoms with van der Waals surface area (Å²) >= 11 is 0. The van der Waals surface area contributed by atoms with Gasteiger partial charge in [-0.15, -0.1) is 0 Å². The molecular weight excluding hydrogens is 184 g/mol. The molecule has 2 nitrogen and oxygen atoms in total. The van der Waals surface area contributed by atoms with Crippen molar-refractivity contribution in [2.75, 3.05) is 13.6 Å². The Balaban J connectivity index is 4.42. The second-order valence-corrected chi connectivity index (χ2v) is 6.03. The zero-order chi connectivity index (χ0) is 12.3. The van der Waals surface area contributed by atoms with Gasteiger partial charge in [0, 0.05) is 18.1 Å². The molecule has 2 N–H and O–H groups in total. The van der Waals surface area contributed by atoms with Crippen LogP contribution in [-0.4, -0.2) is 30.1 Å². The van der Waals surface area contributed by atoms with Crippen molar-refractivity contribution in [3.63, 3.8) is 0 Å². The fourth-order valence-electron chi connectivity index (χ4n) is 1.77. The van der Waals surface area contributed by atoms with Gasteiger partial charge in [-0.3, -0.25) is 0 Å². The molecule has 0 rings (SSSR count). The van der Waals surface area contributed by atoms with Gasteiger partial charge in [0.05, 0.1) is 0 Å². The molecule has 1 atom stereocenters. The Morgan fingerprint density at radius 3 is 1.80 bits per heavy atom. The van der Waals surface area contributed by atoms with E-state index in [0.717, 1.165) is 19.4 Å². The van der Waals surface area contributed by atoms with Crippen molar-refractivity contribution < 1.29 is 0 Å². The molecule has 15 heavy (non-hydrogen) atoms. The van der Waals surface area contributed by atoms with Gasteiger partial charge >= 0.3 is 0 Å². The summed E-state index contributed by atoms with van der Waals surface area (Å²) in [5, 5.41) is 0. The summed E-state index contributed by atoms with van der Waals surface area (Å²) in [6.07, 6.45) is 2.09. The minimum Gasteiger partial charge on any atom is -0.324 e. The summed E-state index contributed by atoms with van der Waals surface area (Å²) in [5.74, 6) is 0. The molecule has 2 heteroatoms. The molecule has 0 bridgehead atoms. The molecule has 0 aromatic heterocycles. The third kappa shape index (κ3) is 4.52. The van der Waals surface area contributed by atoms with Crippen molar-refractivity contribution in [3.8, 4) is 0 Å². The predicted molar refractivity (Wildman–Crippen MR) is 69.0 cm³/mol. The third-order valence-corrected chi connectivity index (χ3v) is 3.89. The van der Waals surface area contributed by atoms with Gasteiger partial charge in [-0.05, 0) is 32.2 Å². The summed E-state index contributed by atoms with van der Waals surface area (Å²) in [4.78, 5) is 2.40. The fraction of sp³-hybridized carbons (Fsp3) is 1.00. The van der Waals surface area contributed by atoms with Crippen LogP contribution in [0.2, 0.25) is 0 Å². The monoisotopic (exact) mass is 214 g/mol. The first-order valence-corrected chi connectivity index (χ1v) is 6.15.